The van der Waals surface area contributed by atoms with E-state index >= 15 is 0 Å². The van der Waals surface area contributed by atoms with E-state index in [0.29, 0.717) is 0 Å². The average Bonchev–Trinajstić information content (AvgIpc) is 2.38. The summed E-state index contributed by atoms with van der Waals surface area (Å²) in [7, 11) is 2.04. The van der Waals surface area contributed by atoms with Gasteiger partial charge in [0.05, 0.1) is 17.4 Å². The standard InChI is InChI=1S/C16H19ClN2/c1-11-8-9-16(15(18)10-11)19(3)12(2)13-6-4-5-7-14(13)17/h4-10,12H,18H2,1-3H3. The van der Waals surface area contributed by atoms with Gasteiger partial charge in [-0.25, -0.2) is 0 Å². The molecule has 1 unspecified atom stereocenters. The number of aryl methyl sites for hydroxylation is 1. The largest absolute Gasteiger partial charge is 0.397 e. The first-order valence-corrected chi connectivity index (χ1v) is 6.72. The van der Waals surface area contributed by atoms with Crippen LogP contribution in [0.4, 0.5) is 11.4 Å². The summed E-state index contributed by atoms with van der Waals surface area (Å²) in [4.78, 5) is 2.15. The summed E-state index contributed by atoms with van der Waals surface area (Å²) in [6, 6.07) is 14.2. The lowest BCUT2D eigenvalue weighted by atomic mass is 10.1. The van der Waals surface area contributed by atoms with Crippen LogP contribution in [0.25, 0.3) is 0 Å². The van der Waals surface area contributed by atoms with Gasteiger partial charge in [0.2, 0.25) is 0 Å². The van der Waals surface area contributed by atoms with Gasteiger partial charge in [-0.1, -0.05) is 35.9 Å². The van der Waals surface area contributed by atoms with E-state index in [1.54, 1.807) is 0 Å². The van der Waals surface area contributed by atoms with Crippen LogP contribution in [-0.4, -0.2) is 7.05 Å². The molecule has 3 heteroatoms. The molecular weight excluding hydrogens is 256 g/mol. The van der Waals surface area contributed by atoms with Gasteiger partial charge < -0.3 is 10.6 Å². The highest BCUT2D eigenvalue weighted by molar-refractivity contribution is 6.31. The summed E-state index contributed by atoms with van der Waals surface area (Å²) in [6.07, 6.45) is 0. The van der Waals surface area contributed by atoms with Crippen molar-refractivity contribution in [3.63, 3.8) is 0 Å². The summed E-state index contributed by atoms with van der Waals surface area (Å²) < 4.78 is 0. The molecule has 0 saturated carbocycles. The predicted molar refractivity (Wildman–Crippen MR) is 83.9 cm³/mol. The maximum Gasteiger partial charge on any atom is 0.0602 e. The fraction of sp³-hybridized carbons (Fsp3) is 0.250. The summed E-state index contributed by atoms with van der Waals surface area (Å²) in [5, 5.41) is 0.785. The summed E-state index contributed by atoms with van der Waals surface area (Å²) >= 11 is 6.26. The van der Waals surface area contributed by atoms with E-state index in [1.807, 2.05) is 44.3 Å². The molecular formula is C16H19ClN2. The third-order valence-corrected chi connectivity index (χ3v) is 3.84. The van der Waals surface area contributed by atoms with Gasteiger partial charge in [-0.2, -0.15) is 0 Å². The lowest BCUT2D eigenvalue weighted by molar-refractivity contribution is 0.741. The van der Waals surface area contributed by atoms with E-state index < -0.39 is 0 Å². The number of anilines is 2. The van der Waals surface area contributed by atoms with Crippen molar-refractivity contribution in [3.8, 4) is 0 Å². The van der Waals surface area contributed by atoms with Crippen molar-refractivity contribution < 1.29 is 0 Å². The second-order valence-corrected chi connectivity index (χ2v) is 5.28. The Hall–Kier alpha value is -1.67. The normalized spacial score (nSPS) is 12.2. The Kier molecular flexibility index (Phi) is 4.01. The molecule has 0 aliphatic heterocycles. The predicted octanol–water partition coefficient (Wildman–Crippen LogP) is 4.43. The van der Waals surface area contributed by atoms with Crippen LogP contribution in [0.3, 0.4) is 0 Å². The highest BCUT2D eigenvalue weighted by Gasteiger charge is 2.16. The van der Waals surface area contributed by atoms with Crippen molar-refractivity contribution in [1.29, 1.82) is 0 Å². The molecule has 0 amide bonds. The van der Waals surface area contributed by atoms with Crippen LogP contribution in [0.2, 0.25) is 5.02 Å². The Morgan fingerprint density at radius 3 is 2.47 bits per heavy atom. The molecule has 19 heavy (non-hydrogen) atoms. The Labute approximate surface area is 119 Å². The van der Waals surface area contributed by atoms with Crippen molar-refractivity contribution in [2.24, 2.45) is 0 Å². The summed E-state index contributed by atoms with van der Waals surface area (Å²) in [5.74, 6) is 0. The van der Waals surface area contributed by atoms with Gasteiger partial charge in [0.1, 0.15) is 0 Å². The highest BCUT2D eigenvalue weighted by atomic mass is 35.5. The van der Waals surface area contributed by atoms with Gasteiger partial charge in [0, 0.05) is 12.1 Å². The second kappa shape index (κ2) is 5.54. The van der Waals surface area contributed by atoms with Crippen molar-refractivity contribution >= 4 is 23.0 Å². The number of halogens is 1. The van der Waals surface area contributed by atoms with Crippen LogP contribution in [0, 0.1) is 6.92 Å². The highest BCUT2D eigenvalue weighted by Crippen LogP contribution is 2.33. The molecule has 0 aliphatic carbocycles. The SMILES string of the molecule is Cc1ccc(N(C)C(C)c2ccccc2Cl)c(N)c1. The molecule has 100 valence electrons. The molecule has 0 aromatic heterocycles. The molecule has 0 fully saturated rings. The molecule has 0 heterocycles. The van der Waals surface area contributed by atoms with Crippen LogP contribution < -0.4 is 10.6 Å². The fourth-order valence-corrected chi connectivity index (χ4v) is 2.52. The van der Waals surface area contributed by atoms with Crippen LogP contribution in [0.5, 0.6) is 0 Å². The lowest BCUT2D eigenvalue weighted by Gasteiger charge is -2.29. The first kappa shape index (κ1) is 13.8. The van der Waals surface area contributed by atoms with Gasteiger partial charge in [0.15, 0.2) is 0 Å². The maximum atomic E-state index is 6.26. The van der Waals surface area contributed by atoms with Crippen molar-refractivity contribution in [2.45, 2.75) is 19.9 Å². The van der Waals surface area contributed by atoms with E-state index in [0.717, 1.165) is 22.0 Å². The lowest BCUT2D eigenvalue weighted by Crippen LogP contribution is -2.22. The number of nitrogen functional groups attached to an aromatic ring is 1. The van der Waals surface area contributed by atoms with Gasteiger partial charge in [-0.05, 0) is 43.2 Å². The quantitative estimate of drug-likeness (QED) is 0.839. The molecule has 2 N–H and O–H groups in total. The van der Waals surface area contributed by atoms with Gasteiger partial charge in [-0.15, -0.1) is 0 Å². The number of hydrogen-bond acceptors (Lipinski definition) is 2. The smallest absolute Gasteiger partial charge is 0.0602 e. The molecule has 2 rings (SSSR count). The Bertz CT molecular complexity index is 581. The maximum absolute atomic E-state index is 6.26. The second-order valence-electron chi connectivity index (χ2n) is 4.87. The third-order valence-electron chi connectivity index (χ3n) is 3.50. The molecule has 1 atom stereocenters. The van der Waals surface area contributed by atoms with E-state index in [4.69, 9.17) is 17.3 Å². The first-order chi connectivity index (χ1) is 9.00. The van der Waals surface area contributed by atoms with Crippen molar-refractivity contribution in [1.82, 2.24) is 0 Å². The van der Waals surface area contributed by atoms with E-state index in [1.165, 1.54) is 5.56 Å². The minimum absolute atomic E-state index is 0.165. The van der Waals surface area contributed by atoms with Crippen molar-refractivity contribution in [2.75, 3.05) is 17.7 Å². The summed E-state index contributed by atoms with van der Waals surface area (Å²) in [6.45, 7) is 4.16. The van der Waals surface area contributed by atoms with Gasteiger partial charge in [-0.3, -0.25) is 0 Å². The number of nitrogens with two attached hydrogens (primary N) is 1. The van der Waals surface area contributed by atoms with Crippen LogP contribution >= 0.6 is 11.6 Å². The molecule has 2 aromatic carbocycles. The number of hydrogen-bond donors (Lipinski definition) is 1. The molecule has 0 aliphatic rings. The Morgan fingerprint density at radius 1 is 1.16 bits per heavy atom. The Balaban J connectivity index is 2.33. The number of nitrogens with zero attached hydrogens (tertiary/aromatic N) is 1. The van der Waals surface area contributed by atoms with Gasteiger partial charge >= 0.3 is 0 Å². The third kappa shape index (κ3) is 2.85. The zero-order valence-electron chi connectivity index (χ0n) is 11.5. The van der Waals surface area contributed by atoms with Crippen LogP contribution in [0.15, 0.2) is 42.5 Å². The molecule has 0 saturated heterocycles. The zero-order chi connectivity index (χ0) is 14.0. The first-order valence-electron chi connectivity index (χ1n) is 6.34. The number of benzene rings is 2. The average molecular weight is 275 g/mol. The van der Waals surface area contributed by atoms with Crippen LogP contribution in [0.1, 0.15) is 24.1 Å². The fourth-order valence-electron chi connectivity index (χ4n) is 2.23. The molecule has 0 spiro atoms. The molecule has 0 bridgehead atoms. The van der Waals surface area contributed by atoms with E-state index in [2.05, 4.69) is 24.0 Å². The monoisotopic (exact) mass is 274 g/mol. The van der Waals surface area contributed by atoms with Gasteiger partial charge in [0.25, 0.3) is 0 Å². The number of rotatable bonds is 3. The molecule has 0 radical (unpaired) electrons. The Morgan fingerprint density at radius 2 is 1.84 bits per heavy atom. The minimum atomic E-state index is 0.165. The van der Waals surface area contributed by atoms with Crippen LogP contribution in [-0.2, 0) is 0 Å². The zero-order valence-corrected chi connectivity index (χ0v) is 12.3. The topological polar surface area (TPSA) is 29.3 Å². The molecule has 2 nitrogen and oxygen atoms in total. The summed E-state index contributed by atoms with van der Waals surface area (Å²) in [5.41, 5.74) is 10.2. The van der Waals surface area contributed by atoms with E-state index in [9.17, 15) is 0 Å². The minimum Gasteiger partial charge on any atom is -0.397 e. The van der Waals surface area contributed by atoms with Crippen molar-refractivity contribution in [3.05, 3.63) is 58.6 Å². The van der Waals surface area contributed by atoms with E-state index in [-0.39, 0.29) is 6.04 Å². The molecule has 2 aromatic rings.